The summed E-state index contributed by atoms with van der Waals surface area (Å²) in [5.74, 6) is -0.0972. The Morgan fingerprint density at radius 2 is 2.00 bits per heavy atom. The predicted octanol–water partition coefficient (Wildman–Crippen LogP) is 2.46. The van der Waals surface area contributed by atoms with Crippen molar-refractivity contribution >= 4 is 17.5 Å². The molecule has 1 aliphatic rings. The first-order valence-electron chi connectivity index (χ1n) is 7.27. The standard InChI is InChI=1S/C17H17N3O2/c1-11(12-6-8-18-9-7-12)19-17(22)14-2-4-15-13(10-14)3-5-16(21)20-15/h2,4,6-11H,3,5H2,1H3,(H,19,22)(H,20,21)/t11-/m1/s1. The van der Waals surface area contributed by atoms with Crippen molar-refractivity contribution in [2.45, 2.75) is 25.8 Å². The lowest BCUT2D eigenvalue weighted by Gasteiger charge is -2.18. The molecule has 3 rings (SSSR count). The number of nitrogens with zero attached hydrogens (tertiary/aromatic N) is 1. The number of amides is 2. The maximum Gasteiger partial charge on any atom is 0.251 e. The minimum absolute atomic E-state index is 0.0241. The first-order chi connectivity index (χ1) is 10.6. The van der Waals surface area contributed by atoms with E-state index >= 15 is 0 Å². The van der Waals surface area contributed by atoms with Gasteiger partial charge in [-0.2, -0.15) is 0 Å². The van der Waals surface area contributed by atoms with Crippen LogP contribution in [0.4, 0.5) is 5.69 Å². The van der Waals surface area contributed by atoms with Crippen LogP contribution in [-0.2, 0) is 11.2 Å². The fraction of sp³-hybridized carbons (Fsp3) is 0.235. The second-order valence-electron chi connectivity index (χ2n) is 5.40. The van der Waals surface area contributed by atoms with Gasteiger partial charge in [-0.3, -0.25) is 14.6 Å². The summed E-state index contributed by atoms with van der Waals surface area (Å²) in [5, 5.41) is 5.79. The average molecular weight is 295 g/mol. The first-order valence-corrected chi connectivity index (χ1v) is 7.27. The SMILES string of the molecule is C[C@@H](NC(=O)c1ccc2c(c1)CCC(=O)N2)c1ccncc1. The molecule has 2 aromatic rings. The van der Waals surface area contributed by atoms with Gasteiger partial charge in [-0.15, -0.1) is 0 Å². The molecule has 0 spiro atoms. The highest BCUT2D eigenvalue weighted by molar-refractivity contribution is 5.98. The summed E-state index contributed by atoms with van der Waals surface area (Å²) in [6.07, 6.45) is 4.55. The van der Waals surface area contributed by atoms with E-state index in [4.69, 9.17) is 0 Å². The number of aryl methyl sites for hydroxylation is 1. The van der Waals surface area contributed by atoms with Crippen LogP contribution < -0.4 is 10.6 Å². The van der Waals surface area contributed by atoms with Crippen molar-refractivity contribution in [2.24, 2.45) is 0 Å². The van der Waals surface area contributed by atoms with Crippen molar-refractivity contribution in [3.8, 4) is 0 Å². The summed E-state index contributed by atoms with van der Waals surface area (Å²) in [5.41, 5.74) is 3.42. The lowest BCUT2D eigenvalue weighted by atomic mass is 10.00. The zero-order chi connectivity index (χ0) is 15.5. The van der Waals surface area contributed by atoms with E-state index in [2.05, 4.69) is 15.6 Å². The molecule has 0 fully saturated rings. The molecule has 0 unspecified atom stereocenters. The zero-order valence-electron chi connectivity index (χ0n) is 12.3. The van der Waals surface area contributed by atoms with Gasteiger partial charge in [0.1, 0.15) is 0 Å². The highest BCUT2D eigenvalue weighted by Gasteiger charge is 2.17. The number of pyridine rings is 1. The second-order valence-corrected chi connectivity index (χ2v) is 5.40. The van der Waals surface area contributed by atoms with E-state index in [0.29, 0.717) is 18.4 Å². The number of hydrogen-bond donors (Lipinski definition) is 2. The number of fused-ring (bicyclic) bond motifs is 1. The molecule has 1 aromatic heterocycles. The van der Waals surface area contributed by atoms with Gasteiger partial charge in [-0.25, -0.2) is 0 Å². The third-order valence-electron chi connectivity index (χ3n) is 3.82. The summed E-state index contributed by atoms with van der Waals surface area (Å²) >= 11 is 0. The quantitative estimate of drug-likeness (QED) is 0.913. The molecule has 112 valence electrons. The molecule has 2 heterocycles. The van der Waals surface area contributed by atoms with Crippen LogP contribution in [-0.4, -0.2) is 16.8 Å². The van der Waals surface area contributed by atoms with Gasteiger partial charge in [0.15, 0.2) is 0 Å². The van der Waals surface area contributed by atoms with Crippen molar-refractivity contribution in [2.75, 3.05) is 5.32 Å². The molecule has 1 atom stereocenters. The van der Waals surface area contributed by atoms with E-state index in [1.54, 1.807) is 24.5 Å². The van der Waals surface area contributed by atoms with Crippen LogP contribution in [0, 0.1) is 0 Å². The molecule has 0 radical (unpaired) electrons. The van der Waals surface area contributed by atoms with Crippen LogP contribution in [0.2, 0.25) is 0 Å². The minimum Gasteiger partial charge on any atom is -0.346 e. The first kappa shape index (κ1) is 14.3. The lowest BCUT2D eigenvalue weighted by molar-refractivity contribution is -0.116. The number of aromatic nitrogens is 1. The Balaban J connectivity index is 1.74. The molecule has 0 saturated heterocycles. The summed E-state index contributed by atoms with van der Waals surface area (Å²) in [4.78, 5) is 27.7. The second kappa shape index (κ2) is 5.97. The van der Waals surface area contributed by atoms with E-state index < -0.39 is 0 Å². The van der Waals surface area contributed by atoms with E-state index in [1.165, 1.54) is 0 Å². The van der Waals surface area contributed by atoms with Gasteiger partial charge in [-0.05, 0) is 54.8 Å². The fourth-order valence-electron chi connectivity index (χ4n) is 2.54. The van der Waals surface area contributed by atoms with Gasteiger partial charge in [0.25, 0.3) is 5.91 Å². The van der Waals surface area contributed by atoms with Gasteiger partial charge in [0.2, 0.25) is 5.91 Å². The smallest absolute Gasteiger partial charge is 0.251 e. The maximum atomic E-state index is 12.4. The Bertz CT molecular complexity index is 713. The van der Waals surface area contributed by atoms with Crippen LogP contribution >= 0.6 is 0 Å². The highest BCUT2D eigenvalue weighted by Crippen LogP contribution is 2.24. The van der Waals surface area contributed by atoms with Crippen molar-refractivity contribution in [1.29, 1.82) is 0 Å². The fourth-order valence-corrected chi connectivity index (χ4v) is 2.54. The normalized spacial score (nSPS) is 14.7. The van der Waals surface area contributed by atoms with Gasteiger partial charge < -0.3 is 10.6 Å². The molecule has 22 heavy (non-hydrogen) atoms. The summed E-state index contributed by atoms with van der Waals surface area (Å²) in [6, 6.07) is 9.05. The summed E-state index contributed by atoms with van der Waals surface area (Å²) < 4.78 is 0. The number of carbonyl (C=O) groups excluding carboxylic acids is 2. The lowest BCUT2D eigenvalue weighted by Crippen LogP contribution is -2.27. The number of hydrogen-bond acceptors (Lipinski definition) is 3. The molecular weight excluding hydrogens is 278 g/mol. The number of nitrogens with one attached hydrogen (secondary N) is 2. The Kier molecular flexibility index (Phi) is 3.87. The van der Waals surface area contributed by atoms with Crippen LogP contribution in [0.25, 0.3) is 0 Å². The Morgan fingerprint density at radius 1 is 1.23 bits per heavy atom. The third kappa shape index (κ3) is 2.98. The predicted molar refractivity (Wildman–Crippen MR) is 83.5 cm³/mol. The molecule has 1 aliphatic heterocycles. The zero-order valence-corrected chi connectivity index (χ0v) is 12.3. The van der Waals surface area contributed by atoms with E-state index in [-0.39, 0.29) is 17.9 Å². The van der Waals surface area contributed by atoms with Gasteiger partial charge in [0, 0.05) is 30.1 Å². The van der Waals surface area contributed by atoms with Gasteiger partial charge in [0.05, 0.1) is 6.04 Å². The van der Waals surface area contributed by atoms with Crippen molar-refractivity contribution in [3.05, 3.63) is 59.4 Å². The Labute approximate surface area is 128 Å². The third-order valence-corrected chi connectivity index (χ3v) is 3.82. The number of anilines is 1. The Hall–Kier alpha value is -2.69. The average Bonchev–Trinajstić information content (AvgIpc) is 2.55. The van der Waals surface area contributed by atoms with E-state index in [0.717, 1.165) is 16.8 Å². The summed E-state index contributed by atoms with van der Waals surface area (Å²) in [7, 11) is 0. The summed E-state index contributed by atoms with van der Waals surface area (Å²) in [6.45, 7) is 1.94. The molecule has 1 aromatic carbocycles. The highest BCUT2D eigenvalue weighted by atomic mass is 16.2. The van der Waals surface area contributed by atoms with E-state index in [1.807, 2.05) is 25.1 Å². The number of rotatable bonds is 3. The van der Waals surface area contributed by atoms with E-state index in [9.17, 15) is 9.59 Å². The molecule has 0 aliphatic carbocycles. The van der Waals surface area contributed by atoms with Crippen LogP contribution in [0.5, 0.6) is 0 Å². The number of carbonyl (C=O) groups is 2. The van der Waals surface area contributed by atoms with Crippen molar-refractivity contribution < 1.29 is 9.59 Å². The molecular formula is C17H17N3O2. The molecule has 2 N–H and O–H groups in total. The van der Waals surface area contributed by atoms with Crippen molar-refractivity contribution in [3.63, 3.8) is 0 Å². The number of benzene rings is 1. The maximum absolute atomic E-state index is 12.4. The van der Waals surface area contributed by atoms with Crippen molar-refractivity contribution in [1.82, 2.24) is 10.3 Å². The Morgan fingerprint density at radius 3 is 2.77 bits per heavy atom. The van der Waals surface area contributed by atoms with Gasteiger partial charge >= 0.3 is 0 Å². The van der Waals surface area contributed by atoms with Crippen LogP contribution in [0.3, 0.4) is 0 Å². The molecule has 0 saturated carbocycles. The molecule has 5 heteroatoms. The largest absolute Gasteiger partial charge is 0.346 e. The molecule has 0 bridgehead atoms. The van der Waals surface area contributed by atoms with Crippen LogP contribution in [0.15, 0.2) is 42.7 Å². The van der Waals surface area contributed by atoms with Crippen LogP contribution in [0.1, 0.15) is 40.9 Å². The topological polar surface area (TPSA) is 71.1 Å². The molecule has 5 nitrogen and oxygen atoms in total. The van der Waals surface area contributed by atoms with Gasteiger partial charge in [-0.1, -0.05) is 0 Å². The minimum atomic E-state index is -0.121. The molecule has 2 amide bonds. The monoisotopic (exact) mass is 295 g/mol.